The molecule has 5 heteroatoms. The summed E-state index contributed by atoms with van der Waals surface area (Å²) in [6, 6.07) is 5.59. The third kappa shape index (κ3) is 3.85. The first-order chi connectivity index (χ1) is 8.08. The molecule has 1 aromatic rings. The number of carbonyl (C=O) groups is 1. The fourth-order valence-corrected chi connectivity index (χ4v) is 2.03. The minimum atomic E-state index is -0.796. The molecule has 1 rings (SSSR count). The summed E-state index contributed by atoms with van der Waals surface area (Å²) in [6.07, 6.45) is 0. The molecule has 1 unspecified atom stereocenters. The molecule has 94 valence electrons. The van der Waals surface area contributed by atoms with Crippen LogP contribution >= 0.6 is 11.8 Å². The summed E-state index contributed by atoms with van der Waals surface area (Å²) in [7, 11) is 3.16. The highest BCUT2D eigenvalue weighted by atomic mass is 32.2. The predicted molar refractivity (Wildman–Crippen MR) is 67.9 cm³/mol. The number of carboxylic acid groups (broad SMARTS) is 1. The largest absolute Gasteiger partial charge is 0.493 e. The lowest BCUT2D eigenvalue weighted by molar-refractivity contribution is -0.136. The van der Waals surface area contributed by atoms with Gasteiger partial charge in [-0.25, -0.2) is 0 Å². The first-order valence-corrected chi connectivity index (χ1v) is 6.18. The molecule has 0 saturated heterocycles. The van der Waals surface area contributed by atoms with Crippen molar-refractivity contribution in [1.82, 2.24) is 0 Å². The highest BCUT2D eigenvalue weighted by Crippen LogP contribution is 2.29. The van der Waals surface area contributed by atoms with Gasteiger partial charge >= 0.3 is 5.97 Å². The lowest BCUT2D eigenvalue weighted by atomic mass is 10.2. The maximum atomic E-state index is 10.7. The van der Waals surface area contributed by atoms with Gasteiger partial charge in [-0.05, 0) is 24.6 Å². The van der Waals surface area contributed by atoms with Crippen molar-refractivity contribution in [2.45, 2.75) is 17.9 Å². The van der Waals surface area contributed by atoms with Crippen LogP contribution in [-0.4, -0.2) is 30.5 Å². The van der Waals surface area contributed by atoms with E-state index in [1.807, 2.05) is 18.2 Å². The molecule has 0 aromatic heterocycles. The van der Waals surface area contributed by atoms with E-state index in [2.05, 4.69) is 0 Å². The zero-order chi connectivity index (χ0) is 12.8. The van der Waals surface area contributed by atoms with Gasteiger partial charge in [-0.15, -0.1) is 11.8 Å². The first-order valence-electron chi connectivity index (χ1n) is 5.13. The summed E-state index contributed by atoms with van der Waals surface area (Å²) < 4.78 is 10.3. The van der Waals surface area contributed by atoms with Gasteiger partial charge in [0.1, 0.15) is 0 Å². The van der Waals surface area contributed by atoms with Crippen molar-refractivity contribution in [3.05, 3.63) is 23.8 Å². The van der Waals surface area contributed by atoms with Crippen LogP contribution in [0, 0.1) is 0 Å². The smallest absolute Gasteiger partial charge is 0.316 e. The summed E-state index contributed by atoms with van der Waals surface area (Å²) in [5.74, 6) is 1.17. The molecule has 0 spiro atoms. The summed E-state index contributed by atoms with van der Waals surface area (Å²) >= 11 is 1.37. The van der Waals surface area contributed by atoms with Crippen LogP contribution in [0.4, 0.5) is 0 Å². The van der Waals surface area contributed by atoms with E-state index in [1.165, 1.54) is 11.8 Å². The van der Waals surface area contributed by atoms with E-state index in [-0.39, 0.29) is 0 Å². The monoisotopic (exact) mass is 256 g/mol. The first kappa shape index (κ1) is 13.7. The van der Waals surface area contributed by atoms with E-state index < -0.39 is 11.2 Å². The van der Waals surface area contributed by atoms with Gasteiger partial charge in [0.2, 0.25) is 0 Å². The van der Waals surface area contributed by atoms with E-state index in [4.69, 9.17) is 14.6 Å². The SMILES string of the molecule is COc1ccc(CSC(C)C(=O)O)cc1OC. The average Bonchev–Trinajstić information content (AvgIpc) is 2.35. The van der Waals surface area contributed by atoms with Crippen LogP contribution in [0.5, 0.6) is 11.5 Å². The van der Waals surface area contributed by atoms with Crippen molar-refractivity contribution in [1.29, 1.82) is 0 Å². The molecule has 0 amide bonds. The van der Waals surface area contributed by atoms with Crippen LogP contribution < -0.4 is 9.47 Å². The highest BCUT2D eigenvalue weighted by Gasteiger charge is 2.12. The van der Waals surface area contributed by atoms with Crippen LogP contribution in [0.1, 0.15) is 12.5 Å². The highest BCUT2D eigenvalue weighted by molar-refractivity contribution is 7.99. The van der Waals surface area contributed by atoms with Crippen molar-refractivity contribution in [3.63, 3.8) is 0 Å². The second-order valence-corrected chi connectivity index (χ2v) is 4.81. The average molecular weight is 256 g/mol. The number of carboxylic acids is 1. The lowest BCUT2D eigenvalue weighted by Crippen LogP contribution is -2.11. The van der Waals surface area contributed by atoms with Gasteiger partial charge < -0.3 is 14.6 Å². The number of ether oxygens (including phenoxy) is 2. The van der Waals surface area contributed by atoms with Crippen molar-refractivity contribution in [2.24, 2.45) is 0 Å². The molecule has 0 aliphatic heterocycles. The Morgan fingerprint density at radius 2 is 2.00 bits per heavy atom. The van der Waals surface area contributed by atoms with Gasteiger partial charge in [0.15, 0.2) is 11.5 Å². The van der Waals surface area contributed by atoms with Gasteiger partial charge in [-0.3, -0.25) is 4.79 Å². The van der Waals surface area contributed by atoms with Crippen LogP contribution in [0.2, 0.25) is 0 Å². The van der Waals surface area contributed by atoms with Gasteiger partial charge in [0, 0.05) is 5.75 Å². The maximum absolute atomic E-state index is 10.7. The van der Waals surface area contributed by atoms with Crippen molar-refractivity contribution >= 4 is 17.7 Å². The lowest BCUT2D eigenvalue weighted by Gasteiger charge is -2.10. The molecular formula is C12H16O4S. The Kier molecular flexibility index (Phi) is 5.15. The Bertz CT molecular complexity index is 392. The fraction of sp³-hybridized carbons (Fsp3) is 0.417. The second kappa shape index (κ2) is 6.39. The van der Waals surface area contributed by atoms with Gasteiger partial charge in [0.05, 0.1) is 19.5 Å². The normalized spacial score (nSPS) is 11.9. The number of rotatable bonds is 6. The summed E-state index contributed by atoms with van der Waals surface area (Å²) in [5, 5.41) is 8.36. The molecule has 0 aliphatic carbocycles. The van der Waals surface area contributed by atoms with Crippen LogP contribution in [0.15, 0.2) is 18.2 Å². The van der Waals surface area contributed by atoms with Crippen molar-refractivity contribution in [3.8, 4) is 11.5 Å². The Labute approximate surface area is 105 Å². The number of benzene rings is 1. The number of aliphatic carboxylic acids is 1. The molecule has 1 atom stereocenters. The Morgan fingerprint density at radius 3 is 2.53 bits per heavy atom. The van der Waals surface area contributed by atoms with E-state index in [0.29, 0.717) is 17.3 Å². The summed E-state index contributed by atoms with van der Waals surface area (Å²) in [5.41, 5.74) is 1.01. The molecule has 17 heavy (non-hydrogen) atoms. The molecule has 4 nitrogen and oxygen atoms in total. The molecule has 0 aliphatic rings. The number of methoxy groups -OCH3 is 2. The van der Waals surface area contributed by atoms with Crippen LogP contribution in [0.3, 0.4) is 0 Å². The van der Waals surface area contributed by atoms with E-state index in [0.717, 1.165) is 5.56 Å². The van der Waals surface area contributed by atoms with Gasteiger partial charge in [-0.2, -0.15) is 0 Å². The van der Waals surface area contributed by atoms with E-state index in [1.54, 1.807) is 21.1 Å². The predicted octanol–water partition coefficient (Wildman–Crippen LogP) is 2.41. The molecular weight excluding hydrogens is 240 g/mol. The molecule has 1 aromatic carbocycles. The van der Waals surface area contributed by atoms with Gasteiger partial charge in [-0.1, -0.05) is 6.07 Å². The molecule has 0 fully saturated rings. The molecule has 0 saturated carbocycles. The number of hydrogen-bond acceptors (Lipinski definition) is 4. The van der Waals surface area contributed by atoms with E-state index >= 15 is 0 Å². The standard InChI is InChI=1S/C12H16O4S/c1-8(12(13)14)17-7-9-4-5-10(15-2)11(6-9)16-3/h4-6,8H,7H2,1-3H3,(H,13,14). The van der Waals surface area contributed by atoms with Gasteiger partial charge in [0.25, 0.3) is 0 Å². The molecule has 0 heterocycles. The Balaban J connectivity index is 2.69. The summed E-state index contributed by atoms with van der Waals surface area (Å²) in [4.78, 5) is 10.7. The van der Waals surface area contributed by atoms with E-state index in [9.17, 15) is 4.79 Å². The summed E-state index contributed by atoms with van der Waals surface area (Å²) in [6.45, 7) is 1.67. The number of hydrogen-bond donors (Lipinski definition) is 1. The zero-order valence-electron chi connectivity index (χ0n) is 10.1. The fourth-order valence-electron chi connectivity index (χ4n) is 1.26. The quantitative estimate of drug-likeness (QED) is 0.847. The van der Waals surface area contributed by atoms with Crippen LogP contribution in [0.25, 0.3) is 0 Å². The van der Waals surface area contributed by atoms with Crippen molar-refractivity contribution < 1.29 is 19.4 Å². The second-order valence-electron chi connectivity index (χ2n) is 3.48. The zero-order valence-corrected chi connectivity index (χ0v) is 10.9. The maximum Gasteiger partial charge on any atom is 0.316 e. The minimum Gasteiger partial charge on any atom is -0.493 e. The molecule has 1 N–H and O–H groups in total. The number of thioether (sulfide) groups is 1. The third-order valence-corrected chi connectivity index (χ3v) is 3.50. The van der Waals surface area contributed by atoms with Crippen molar-refractivity contribution in [2.75, 3.05) is 14.2 Å². The molecule has 0 bridgehead atoms. The minimum absolute atomic E-state index is 0.414. The topological polar surface area (TPSA) is 55.8 Å². The Hall–Kier alpha value is -1.36. The molecule has 0 radical (unpaired) electrons. The third-order valence-electron chi connectivity index (χ3n) is 2.30. The van der Waals surface area contributed by atoms with Crippen LogP contribution in [-0.2, 0) is 10.5 Å². The Morgan fingerprint density at radius 1 is 1.35 bits per heavy atom.